The number of carbonyl (C=O) groups is 1. The van der Waals surface area contributed by atoms with Crippen LogP contribution in [0.3, 0.4) is 0 Å². The maximum absolute atomic E-state index is 13.6. The van der Waals surface area contributed by atoms with Crippen LogP contribution in [0.5, 0.6) is 11.6 Å². The van der Waals surface area contributed by atoms with Gasteiger partial charge in [0.2, 0.25) is 5.88 Å². The highest BCUT2D eigenvalue weighted by molar-refractivity contribution is 5.97. The summed E-state index contributed by atoms with van der Waals surface area (Å²) in [5.74, 6) is -0.299. The van der Waals surface area contributed by atoms with Crippen molar-refractivity contribution in [1.29, 1.82) is 0 Å². The normalized spacial score (nSPS) is 10.4. The molecular weight excluding hydrogens is 235 g/mol. The summed E-state index contributed by atoms with van der Waals surface area (Å²) in [6.07, 6.45) is 0. The van der Waals surface area contributed by atoms with Crippen LogP contribution in [-0.4, -0.2) is 15.6 Å². The molecule has 0 aliphatic heterocycles. The lowest BCUT2D eigenvalue weighted by Gasteiger charge is -2.09. The highest BCUT2D eigenvalue weighted by Crippen LogP contribution is 2.27. The number of aromatic nitrogens is 2. The molecular formula is C13H13FN2O2. The highest BCUT2D eigenvalue weighted by atomic mass is 19.1. The molecule has 2 aromatic rings. The van der Waals surface area contributed by atoms with Gasteiger partial charge in [-0.1, -0.05) is 6.07 Å². The first-order chi connectivity index (χ1) is 8.49. The molecule has 1 aromatic carbocycles. The third-order valence-electron chi connectivity index (χ3n) is 2.50. The Hall–Kier alpha value is -2.17. The Morgan fingerprint density at radius 1 is 1.44 bits per heavy atom. The summed E-state index contributed by atoms with van der Waals surface area (Å²) >= 11 is 0. The average Bonchev–Trinajstić information content (AvgIpc) is 2.57. The quantitative estimate of drug-likeness (QED) is 0.784. The molecule has 18 heavy (non-hydrogen) atoms. The fourth-order valence-electron chi connectivity index (χ4n) is 1.73. The van der Waals surface area contributed by atoms with Gasteiger partial charge in [0.25, 0.3) is 0 Å². The Bertz CT molecular complexity index is 605. The second-order valence-corrected chi connectivity index (χ2v) is 4.02. The van der Waals surface area contributed by atoms with Crippen molar-refractivity contribution in [2.24, 2.45) is 7.05 Å². The molecule has 0 radical (unpaired) electrons. The molecule has 1 aromatic heterocycles. The van der Waals surface area contributed by atoms with Crippen LogP contribution >= 0.6 is 0 Å². The SMILES string of the molecule is CC(=O)c1c(F)cccc1Oc1cc(C)nn1C. The van der Waals surface area contributed by atoms with Gasteiger partial charge in [0.15, 0.2) is 5.78 Å². The molecule has 4 nitrogen and oxygen atoms in total. The lowest BCUT2D eigenvalue weighted by molar-refractivity contribution is 0.101. The van der Waals surface area contributed by atoms with E-state index in [0.29, 0.717) is 5.88 Å². The van der Waals surface area contributed by atoms with Gasteiger partial charge in [-0.2, -0.15) is 5.10 Å². The molecule has 0 aliphatic carbocycles. The molecule has 0 spiro atoms. The third-order valence-corrected chi connectivity index (χ3v) is 2.50. The van der Waals surface area contributed by atoms with Crippen LogP contribution < -0.4 is 4.74 Å². The predicted octanol–water partition coefficient (Wildman–Crippen LogP) is 2.86. The number of rotatable bonds is 3. The summed E-state index contributed by atoms with van der Waals surface area (Å²) in [7, 11) is 1.72. The predicted molar refractivity (Wildman–Crippen MR) is 64.4 cm³/mol. The maximum atomic E-state index is 13.6. The smallest absolute Gasteiger partial charge is 0.217 e. The van der Waals surface area contributed by atoms with Gasteiger partial charge >= 0.3 is 0 Å². The van der Waals surface area contributed by atoms with Gasteiger partial charge in [-0.25, -0.2) is 9.07 Å². The molecule has 94 valence electrons. The fourth-order valence-corrected chi connectivity index (χ4v) is 1.73. The van der Waals surface area contributed by atoms with Crippen LogP contribution in [0.25, 0.3) is 0 Å². The summed E-state index contributed by atoms with van der Waals surface area (Å²) in [5.41, 5.74) is 0.740. The second kappa shape index (κ2) is 4.60. The Balaban J connectivity index is 2.43. The number of Topliss-reactive ketones (excluding diaryl/α,β-unsaturated/α-hetero) is 1. The topological polar surface area (TPSA) is 44.1 Å². The van der Waals surface area contributed by atoms with Crippen molar-refractivity contribution in [3.05, 3.63) is 41.3 Å². The van der Waals surface area contributed by atoms with Crippen LogP contribution in [-0.2, 0) is 7.05 Å². The Kier molecular flexibility index (Phi) is 3.14. The second-order valence-electron chi connectivity index (χ2n) is 4.02. The van der Waals surface area contributed by atoms with Gasteiger partial charge in [-0.05, 0) is 26.0 Å². The van der Waals surface area contributed by atoms with E-state index in [4.69, 9.17) is 4.74 Å². The molecule has 0 N–H and O–H groups in total. The molecule has 0 unspecified atom stereocenters. The van der Waals surface area contributed by atoms with Crippen LogP contribution in [0.4, 0.5) is 4.39 Å². The number of nitrogens with zero attached hydrogens (tertiary/aromatic N) is 2. The summed E-state index contributed by atoms with van der Waals surface area (Å²) < 4.78 is 20.7. The van der Waals surface area contributed by atoms with E-state index < -0.39 is 5.82 Å². The van der Waals surface area contributed by atoms with Crippen LogP contribution in [0, 0.1) is 12.7 Å². The summed E-state index contributed by atoms with van der Waals surface area (Å²) in [6, 6.07) is 6.01. The minimum Gasteiger partial charge on any atom is -0.438 e. The minimum atomic E-state index is -0.584. The van der Waals surface area contributed by atoms with Gasteiger partial charge in [0, 0.05) is 13.1 Å². The molecule has 1 heterocycles. The number of ether oxygens (including phenoxy) is 1. The van der Waals surface area contributed by atoms with Gasteiger partial charge < -0.3 is 4.74 Å². The van der Waals surface area contributed by atoms with Crippen molar-refractivity contribution in [1.82, 2.24) is 9.78 Å². The molecule has 0 saturated heterocycles. The first-order valence-electron chi connectivity index (χ1n) is 5.47. The summed E-state index contributed by atoms with van der Waals surface area (Å²) in [5, 5.41) is 4.12. The van der Waals surface area contributed by atoms with Gasteiger partial charge in [0.05, 0.1) is 11.3 Å². The molecule has 0 bridgehead atoms. The molecule has 0 saturated carbocycles. The zero-order valence-electron chi connectivity index (χ0n) is 10.4. The number of aryl methyl sites for hydroxylation is 2. The molecule has 0 aliphatic rings. The number of hydrogen-bond donors (Lipinski definition) is 0. The van der Waals surface area contributed by atoms with Crippen LogP contribution in [0.2, 0.25) is 0 Å². The summed E-state index contributed by atoms with van der Waals surface area (Å²) in [4.78, 5) is 11.4. The number of ketones is 1. The number of carbonyl (C=O) groups excluding carboxylic acids is 1. The van der Waals surface area contributed by atoms with Crippen molar-refractivity contribution in [2.75, 3.05) is 0 Å². The Morgan fingerprint density at radius 3 is 2.72 bits per heavy atom. The van der Waals surface area contributed by atoms with Gasteiger partial charge in [-0.15, -0.1) is 0 Å². The van der Waals surface area contributed by atoms with Crippen molar-refractivity contribution >= 4 is 5.78 Å². The average molecular weight is 248 g/mol. The number of benzene rings is 1. The summed E-state index contributed by atoms with van der Waals surface area (Å²) in [6.45, 7) is 3.13. The molecule has 5 heteroatoms. The van der Waals surface area contributed by atoms with E-state index in [2.05, 4.69) is 5.10 Å². The molecule has 2 rings (SSSR count). The lowest BCUT2D eigenvalue weighted by Crippen LogP contribution is -2.02. The Morgan fingerprint density at radius 2 is 2.17 bits per heavy atom. The largest absolute Gasteiger partial charge is 0.438 e. The maximum Gasteiger partial charge on any atom is 0.217 e. The number of hydrogen-bond acceptors (Lipinski definition) is 3. The Labute approximate surface area is 104 Å². The standard InChI is InChI=1S/C13H13FN2O2/c1-8-7-12(16(3)15-8)18-11-6-4-5-10(14)13(11)9(2)17/h4-7H,1-3H3. The monoisotopic (exact) mass is 248 g/mol. The van der Waals surface area contributed by atoms with E-state index in [-0.39, 0.29) is 17.1 Å². The van der Waals surface area contributed by atoms with Crippen molar-refractivity contribution in [3.63, 3.8) is 0 Å². The minimum absolute atomic E-state index is 0.0450. The van der Waals surface area contributed by atoms with Gasteiger partial charge in [-0.3, -0.25) is 4.79 Å². The van der Waals surface area contributed by atoms with E-state index in [1.807, 2.05) is 6.92 Å². The van der Waals surface area contributed by atoms with E-state index >= 15 is 0 Å². The number of halogens is 1. The third kappa shape index (κ3) is 2.25. The van der Waals surface area contributed by atoms with Crippen molar-refractivity contribution in [2.45, 2.75) is 13.8 Å². The van der Waals surface area contributed by atoms with Crippen LogP contribution in [0.1, 0.15) is 23.0 Å². The van der Waals surface area contributed by atoms with Gasteiger partial charge in [0.1, 0.15) is 11.6 Å². The van der Waals surface area contributed by atoms with E-state index in [0.717, 1.165) is 5.69 Å². The zero-order valence-corrected chi connectivity index (χ0v) is 10.4. The van der Waals surface area contributed by atoms with Crippen molar-refractivity contribution in [3.8, 4) is 11.6 Å². The van der Waals surface area contributed by atoms with E-state index in [9.17, 15) is 9.18 Å². The molecule has 0 fully saturated rings. The fraction of sp³-hybridized carbons (Fsp3) is 0.231. The lowest BCUT2D eigenvalue weighted by atomic mass is 10.1. The van der Waals surface area contributed by atoms with E-state index in [1.165, 1.54) is 23.7 Å². The zero-order chi connectivity index (χ0) is 13.3. The van der Waals surface area contributed by atoms with E-state index in [1.54, 1.807) is 19.2 Å². The van der Waals surface area contributed by atoms with Crippen LogP contribution in [0.15, 0.2) is 24.3 Å². The molecule has 0 atom stereocenters. The first-order valence-corrected chi connectivity index (χ1v) is 5.47. The van der Waals surface area contributed by atoms with Crippen molar-refractivity contribution < 1.29 is 13.9 Å². The molecule has 0 amide bonds. The first kappa shape index (κ1) is 12.3. The highest BCUT2D eigenvalue weighted by Gasteiger charge is 2.16.